The van der Waals surface area contributed by atoms with Crippen LogP contribution in [-0.4, -0.2) is 29.2 Å². The lowest BCUT2D eigenvalue weighted by molar-refractivity contribution is -0.150. The predicted molar refractivity (Wildman–Crippen MR) is 119 cm³/mol. The first-order valence-corrected chi connectivity index (χ1v) is 10.1. The Morgan fingerprint density at radius 3 is 2.61 bits per heavy atom. The average molecular weight is 422 g/mol. The fraction of sp³-hybridized carbons (Fsp3) is 0.292. The van der Waals surface area contributed by atoms with Gasteiger partial charge in [-0.3, -0.25) is 9.59 Å². The first-order valence-electron chi connectivity index (χ1n) is 10.1. The molecule has 0 aliphatic rings. The molecule has 0 bridgehead atoms. The summed E-state index contributed by atoms with van der Waals surface area (Å²) < 4.78 is 12.0. The van der Waals surface area contributed by atoms with Crippen molar-refractivity contribution in [1.29, 1.82) is 0 Å². The number of nitrogens with zero attached hydrogens (tertiary/aromatic N) is 1. The van der Waals surface area contributed by atoms with Gasteiger partial charge in [-0.05, 0) is 63.1 Å². The number of fused-ring (bicyclic) bond motifs is 1. The molecule has 0 saturated heterocycles. The lowest BCUT2D eigenvalue weighted by Gasteiger charge is -2.15. The van der Waals surface area contributed by atoms with Gasteiger partial charge in [-0.1, -0.05) is 18.2 Å². The third-order valence-electron chi connectivity index (χ3n) is 4.88. The minimum absolute atomic E-state index is 0.119. The molecular weight excluding hydrogens is 396 g/mol. The molecule has 2 aromatic carbocycles. The van der Waals surface area contributed by atoms with Crippen LogP contribution in [0.5, 0.6) is 5.75 Å². The maximum atomic E-state index is 12.9. The number of hydrogen-bond donors (Lipinski definition) is 1. The number of ether oxygens (including phenoxy) is 2. The number of amides is 1. The van der Waals surface area contributed by atoms with Crippen LogP contribution in [0.4, 0.5) is 5.69 Å². The lowest BCUT2D eigenvalue weighted by Crippen LogP contribution is -2.28. The molecule has 1 atom stereocenters. The van der Waals surface area contributed by atoms with Gasteiger partial charge < -0.3 is 19.4 Å². The van der Waals surface area contributed by atoms with Gasteiger partial charge in [0.15, 0.2) is 6.10 Å². The van der Waals surface area contributed by atoms with Crippen molar-refractivity contribution in [3.05, 3.63) is 70.1 Å². The second kappa shape index (κ2) is 9.47. The summed E-state index contributed by atoms with van der Waals surface area (Å²) >= 11 is 0. The maximum Gasteiger partial charge on any atom is 0.347 e. The van der Waals surface area contributed by atoms with Crippen molar-refractivity contribution in [2.75, 3.05) is 11.9 Å². The standard InChI is InChI=1S/C24H26N2O5/c1-5-30-24(29)17(4)31-21-8-6-7-19-18(21)11-12-26(23(19)28)14-22(27)25-20-13-15(2)9-10-16(20)3/h6-13,17H,5,14H2,1-4H3,(H,25,27)/t17-/m1/s1. The lowest BCUT2D eigenvalue weighted by atomic mass is 10.1. The van der Waals surface area contributed by atoms with Crippen LogP contribution in [0.2, 0.25) is 0 Å². The largest absolute Gasteiger partial charge is 0.478 e. The number of benzene rings is 2. The topological polar surface area (TPSA) is 86.6 Å². The number of aromatic nitrogens is 1. The summed E-state index contributed by atoms with van der Waals surface area (Å²) in [6.07, 6.45) is 0.742. The molecule has 1 heterocycles. The van der Waals surface area contributed by atoms with Crippen LogP contribution < -0.4 is 15.6 Å². The molecule has 7 heteroatoms. The van der Waals surface area contributed by atoms with Crippen LogP contribution in [0.15, 0.2) is 53.5 Å². The van der Waals surface area contributed by atoms with Crippen LogP contribution in [0.25, 0.3) is 10.8 Å². The molecule has 1 amide bonds. The molecule has 0 radical (unpaired) electrons. The number of carbonyl (C=O) groups excluding carboxylic acids is 2. The first-order chi connectivity index (χ1) is 14.8. The number of carbonyl (C=O) groups is 2. The molecule has 0 saturated carbocycles. The number of pyridine rings is 1. The third-order valence-corrected chi connectivity index (χ3v) is 4.88. The van der Waals surface area contributed by atoms with E-state index in [1.807, 2.05) is 32.0 Å². The highest BCUT2D eigenvalue weighted by molar-refractivity contribution is 5.92. The maximum absolute atomic E-state index is 12.9. The molecule has 31 heavy (non-hydrogen) atoms. The molecule has 3 rings (SSSR count). The molecule has 0 unspecified atom stereocenters. The van der Waals surface area contributed by atoms with Crippen LogP contribution in [0.1, 0.15) is 25.0 Å². The number of hydrogen-bond acceptors (Lipinski definition) is 5. The number of esters is 1. The third kappa shape index (κ3) is 5.12. The van der Waals surface area contributed by atoms with Crippen molar-refractivity contribution in [2.45, 2.75) is 40.3 Å². The van der Waals surface area contributed by atoms with Gasteiger partial charge in [-0.25, -0.2) is 4.79 Å². The molecule has 1 N–H and O–H groups in total. The average Bonchev–Trinajstić information content (AvgIpc) is 2.73. The van der Waals surface area contributed by atoms with E-state index in [2.05, 4.69) is 5.32 Å². The second-order valence-electron chi connectivity index (χ2n) is 7.34. The Morgan fingerprint density at radius 2 is 1.87 bits per heavy atom. The fourth-order valence-electron chi connectivity index (χ4n) is 3.23. The summed E-state index contributed by atoms with van der Waals surface area (Å²) in [4.78, 5) is 37.3. The summed E-state index contributed by atoms with van der Waals surface area (Å²) in [6, 6.07) is 12.5. The molecule has 7 nitrogen and oxygen atoms in total. The minimum Gasteiger partial charge on any atom is -0.478 e. The van der Waals surface area contributed by atoms with Gasteiger partial charge >= 0.3 is 5.97 Å². The van der Waals surface area contributed by atoms with Gasteiger partial charge in [0.1, 0.15) is 12.3 Å². The molecule has 0 spiro atoms. The predicted octanol–water partition coefficient (Wildman–Crippen LogP) is 3.59. The first kappa shape index (κ1) is 22.1. The number of anilines is 1. The summed E-state index contributed by atoms with van der Waals surface area (Å²) in [5.41, 5.74) is 2.39. The molecule has 1 aromatic heterocycles. The van der Waals surface area contributed by atoms with Crippen LogP contribution >= 0.6 is 0 Å². The molecule has 0 fully saturated rings. The van der Waals surface area contributed by atoms with Gasteiger partial charge in [0.25, 0.3) is 5.56 Å². The zero-order valence-corrected chi connectivity index (χ0v) is 18.1. The molecule has 0 aliphatic carbocycles. The van der Waals surface area contributed by atoms with Gasteiger partial charge in [-0.2, -0.15) is 0 Å². The van der Waals surface area contributed by atoms with E-state index >= 15 is 0 Å². The number of aryl methyl sites for hydroxylation is 2. The smallest absolute Gasteiger partial charge is 0.347 e. The Balaban J connectivity index is 1.83. The van der Waals surface area contributed by atoms with Crippen molar-refractivity contribution >= 4 is 28.3 Å². The summed E-state index contributed by atoms with van der Waals surface area (Å²) in [7, 11) is 0. The molecule has 162 valence electrons. The van der Waals surface area contributed by atoms with Crippen molar-refractivity contribution < 1.29 is 19.1 Å². The van der Waals surface area contributed by atoms with E-state index in [-0.39, 0.29) is 24.6 Å². The molecule has 0 aliphatic heterocycles. The van der Waals surface area contributed by atoms with E-state index in [1.54, 1.807) is 44.3 Å². The summed E-state index contributed by atoms with van der Waals surface area (Å²) in [5, 5.41) is 3.83. The minimum atomic E-state index is -0.809. The monoisotopic (exact) mass is 422 g/mol. The van der Waals surface area contributed by atoms with E-state index in [9.17, 15) is 14.4 Å². The summed E-state index contributed by atoms with van der Waals surface area (Å²) in [5.74, 6) is -0.364. The van der Waals surface area contributed by atoms with E-state index in [1.165, 1.54) is 4.57 Å². The highest BCUT2D eigenvalue weighted by Gasteiger charge is 2.18. The van der Waals surface area contributed by atoms with Crippen molar-refractivity contribution in [3.8, 4) is 5.75 Å². The zero-order valence-electron chi connectivity index (χ0n) is 18.1. The van der Waals surface area contributed by atoms with Crippen LogP contribution in [-0.2, 0) is 20.9 Å². The zero-order chi connectivity index (χ0) is 22.5. The van der Waals surface area contributed by atoms with Gasteiger partial charge in [0.2, 0.25) is 5.91 Å². The van der Waals surface area contributed by atoms with Crippen molar-refractivity contribution in [3.63, 3.8) is 0 Å². The summed E-state index contributed by atoms with van der Waals surface area (Å²) in [6.45, 7) is 7.32. The Kier molecular flexibility index (Phi) is 6.74. The van der Waals surface area contributed by atoms with E-state index in [4.69, 9.17) is 9.47 Å². The Morgan fingerprint density at radius 1 is 1.10 bits per heavy atom. The highest BCUT2D eigenvalue weighted by Crippen LogP contribution is 2.24. The van der Waals surface area contributed by atoms with Crippen molar-refractivity contribution in [2.24, 2.45) is 0 Å². The number of rotatable bonds is 7. The van der Waals surface area contributed by atoms with Crippen molar-refractivity contribution in [1.82, 2.24) is 4.57 Å². The van der Waals surface area contributed by atoms with E-state index in [0.29, 0.717) is 16.5 Å². The van der Waals surface area contributed by atoms with Gasteiger partial charge in [0.05, 0.1) is 12.0 Å². The Hall–Kier alpha value is -3.61. The fourth-order valence-corrected chi connectivity index (χ4v) is 3.23. The van der Waals surface area contributed by atoms with E-state index in [0.717, 1.165) is 16.8 Å². The molecule has 3 aromatic rings. The SMILES string of the molecule is CCOC(=O)[C@@H](C)Oc1cccc2c(=O)n(CC(=O)Nc3cc(C)ccc3C)ccc12. The van der Waals surface area contributed by atoms with Gasteiger partial charge in [0, 0.05) is 17.3 Å². The van der Waals surface area contributed by atoms with Crippen LogP contribution in [0.3, 0.4) is 0 Å². The quantitative estimate of drug-likeness (QED) is 0.588. The number of nitrogens with one attached hydrogen (secondary N) is 1. The Bertz CT molecular complexity index is 1180. The second-order valence-corrected chi connectivity index (χ2v) is 7.34. The van der Waals surface area contributed by atoms with Crippen LogP contribution in [0, 0.1) is 13.8 Å². The van der Waals surface area contributed by atoms with E-state index < -0.39 is 12.1 Å². The Labute approximate surface area is 180 Å². The molecular formula is C24H26N2O5. The normalized spacial score (nSPS) is 11.7. The van der Waals surface area contributed by atoms with Gasteiger partial charge in [-0.15, -0.1) is 0 Å². The highest BCUT2D eigenvalue weighted by atomic mass is 16.6.